The second-order valence-corrected chi connectivity index (χ2v) is 4.07. The average Bonchev–Trinajstić information content (AvgIpc) is 2.37. The van der Waals surface area contributed by atoms with Crippen LogP contribution in [0.4, 0.5) is 0 Å². The number of hydrogen-bond acceptors (Lipinski definition) is 3. The summed E-state index contributed by atoms with van der Waals surface area (Å²) in [6.45, 7) is 7.20. The summed E-state index contributed by atoms with van der Waals surface area (Å²) >= 11 is 0. The van der Waals surface area contributed by atoms with E-state index in [1.54, 1.807) is 31.2 Å². The molecule has 1 atom stereocenters. The van der Waals surface area contributed by atoms with Gasteiger partial charge in [0.25, 0.3) is 0 Å². The number of Topliss-reactive ketones (excluding diaryl/α,β-unsaturated/α-hetero) is 1. The van der Waals surface area contributed by atoms with Crippen LogP contribution in [0, 0.1) is 0 Å². The molecule has 0 saturated carbocycles. The first-order chi connectivity index (χ1) is 8.67. The largest absolute Gasteiger partial charge is 0.463 e. The van der Waals surface area contributed by atoms with Gasteiger partial charge in [-0.25, -0.2) is 0 Å². The predicted molar refractivity (Wildman–Crippen MR) is 71.7 cm³/mol. The van der Waals surface area contributed by atoms with Crippen molar-refractivity contribution in [2.75, 3.05) is 0 Å². The highest BCUT2D eigenvalue weighted by atomic mass is 16.7. The molecule has 0 heterocycles. The van der Waals surface area contributed by atoms with E-state index < -0.39 is 0 Å². The Kier molecular flexibility index (Phi) is 5.98. The maximum atomic E-state index is 11.1. The van der Waals surface area contributed by atoms with E-state index in [9.17, 15) is 4.79 Å². The van der Waals surface area contributed by atoms with Crippen LogP contribution < -0.4 is 4.74 Å². The van der Waals surface area contributed by atoms with Crippen LogP contribution in [0.15, 0.2) is 37.1 Å². The zero-order valence-electron chi connectivity index (χ0n) is 11.0. The van der Waals surface area contributed by atoms with Gasteiger partial charge in [-0.3, -0.25) is 4.79 Å². The zero-order chi connectivity index (χ0) is 13.4. The molecule has 98 valence electrons. The van der Waals surface area contributed by atoms with Crippen LogP contribution in [-0.2, 0) is 4.74 Å². The highest BCUT2D eigenvalue weighted by molar-refractivity contribution is 5.94. The summed E-state index contributed by atoms with van der Waals surface area (Å²) in [7, 11) is 0. The molecule has 0 radical (unpaired) electrons. The fourth-order valence-corrected chi connectivity index (χ4v) is 1.55. The fourth-order valence-electron chi connectivity index (χ4n) is 1.55. The van der Waals surface area contributed by atoms with Gasteiger partial charge in [-0.2, -0.15) is 0 Å². The summed E-state index contributed by atoms with van der Waals surface area (Å²) in [6, 6.07) is 7.06. The van der Waals surface area contributed by atoms with Crippen molar-refractivity contribution in [2.24, 2.45) is 0 Å². The molecule has 0 fully saturated rings. The lowest BCUT2D eigenvalue weighted by Gasteiger charge is -2.18. The van der Waals surface area contributed by atoms with Gasteiger partial charge in [-0.15, -0.1) is 0 Å². The number of ether oxygens (including phenoxy) is 2. The van der Waals surface area contributed by atoms with Gasteiger partial charge in [0, 0.05) is 12.0 Å². The summed E-state index contributed by atoms with van der Waals surface area (Å²) in [5.74, 6) is 0.745. The highest BCUT2D eigenvalue weighted by Crippen LogP contribution is 2.17. The lowest BCUT2D eigenvalue weighted by atomic mass is 10.1. The third-order valence-electron chi connectivity index (χ3n) is 2.57. The number of rotatable bonds is 8. The van der Waals surface area contributed by atoms with E-state index in [1.165, 1.54) is 6.26 Å². The Morgan fingerprint density at radius 3 is 2.56 bits per heavy atom. The average molecular weight is 248 g/mol. The van der Waals surface area contributed by atoms with Crippen molar-refractivity contribution in [3.63, 3.8) is 0 Å². The first-order valence-corrected chi connectivity index (χ1v) is 6.21. The third kappa shape index (κ3) is 4.62. The number of carbonyl (C=O) groups excluding carboxylic acids is 1. The summed E-state index contributed by atoms with van der Waals surface area (Å²) in [6.07, 6.45) is 4.01. The molecule has 3 heteroatoms. The third-order valence-corrected chi connectivity index (χ3v) is 2.57. The second kappa shape index (κ2) is 7.54. The van der Waals surface area contributed by atoms with E-state index in [2.05, 4.69) is 13.5 Å². The van der Waals surface area contributed by atoms with E-state index in [-0.39, 0.29) is 12.1 Å². The standard InChI is InChI=1S/C15H20O3/c1-4-6-7-15(17-5-2)18-14-10-8-13(9-11-14)12(3)16/h5,8-11,15H,2,4,6-7H2,1,3H3. The molecular weight excluding hydrogens is 228 g/mol. The number of hydrogen-bond donors (Lipinski definition) is 0. The Balaban J connectivity index is 2.62. The lowest BCUT2D eigenvalue weighted by molar-refractivity contribution is -0.0357. The Morgan fingerprint density at radius 2 is 2.06 bits per heavy atom. The molecule has 18 heavy (non-hydrogen) atoms. The lowest BCUT2D eigenvalue weighted by Crippen LogP contribution is -2.18. The van der Waals surface area contributed by atoms with Crippen LogP contribution >= 0.6 is 0 Å². The van der Waals surface area contributed by atoms with Crippen molar-refractivity contribution in [1.82, 2.24) is 0 Å². The molecule has 0 bridgehead atoms. The van der Waals surface area contributed by atoms with E-state index in [0.29, 0.717) is 11.3 Å². The van der Waals surface area contributed by atoms with Crippen LogP contribution in [0.2, 0.25) is 0 Å². The van der Waals surface area contributed by atoms with E-state index in [4.69, 9.17) is 9.47 Å². The quantitative estimate of drug-likeness (QED) is 0.397. The van der Waals surface area contributed by atoms with Gasteiger partial charge in [-0.1, -0.05) is 19.9 Å². The van der Waals surface area contributed by atoms with Crippen molar-refractivity contribution in [1.29, 1.82) is 0 Å². The molecule has 0 N–H and O–H groups in total. The predicted octanol–water partition coefficient (Wildman–Crippen LogP) is 3.94. The van der Waals surface area contributed by atoms with Crippen LogP contribution in [0.3, 0.4) is 0 Å². The van der Waals surface area contributed by atoms with Crippen LogP contribution in [-0.4, -0.2) is 12.1 Å². The van der Waals surface area contributed by atoms with Gasteiger partial charge in [0.15, 0.2) is 5.78 Å². The van der Waals surface area contributed by atoms with Gasteiger partial charge in [0.05, 0.1) is 6.26 Å². The van der Waals surface area contributed by atoms with E-state index in [1.807, 2.05) is 0 Å². The fraction of sp³-hybridized carbons (Fsp3) is 0.400. The van der Waals surface area contributed by atoms with Gasteiger partial charge < -0.3 is 9.47 Å². The number of unbranched alkanes of at least 4 members (excludes halogenated alkanes) is 1. The van der Waals surface area contributed by atoms with E-state index >= 15 is 0 Å². The van der Waals surface area contributed by atoms with Crippen molar-refractivity contribution >= 4 is 5.78 Å². The van der Waals surface area contributed by atoms with Crippen molar-refractivity contribution in [3.8, 4) is 5.75 Å². The molecule has 0 saturated heterocycles. The molecule has 1 rings (SSSR count). The van der Waals surface area contributed by atoms with Crippen LogP contribution in [0.1, 0.15) is 43.5 Å². The number of benzene rings is 1. The van der Waals surface area contributed by atoms with Gasteiger partial charge in [0.1, 0.15) is 5.75 Å². The van der Waals surface area contributed by atoms with Crippen molar-refractivity contribution < 1.29 is 14.3 Å². The summed E-state index contributed by atoms with van der Waals surface area (Å²) in [5, 5.41) is 0. The highest BCUT2D eigenvalue weighted by Gasteiger charge is 2.09. The SMILES string of the molecule is C=COC(CCCC)Oc1ccc(C(C)=O)cc1. The minimum atomic E-state index is -0.314. The van der Waals surface area contributed by atoms with Crippen molar-refractivity contribution in [3.05, 3.63) is 42.7 Å². The first kappa shape index (κ1) is 14.3. The topological polar surface area (TPSA) is 35.5 Å². The van der Waals surface area contributed by atoms with Gasteiger partial charge >= 0.3 is 0 Å². The maximum absolute atomic E-state index is 11.1. The molecule has 0 aliphatic carbocycles. The summed E-state index contributed by atoms with van der Waals surface area (Å²) < 4.78 is 11.0. The smallest absolute Gasteiger partial charge is 0.240 e. The second-order valence-electron chi connectivity index (χ2n) is 4.07. The molecule has 1 unspecified atom stereocenters. The molecule has 1 aromatic rings. The Bertz CT molecular complexity index is 381. The van der Waals surface area contributed by atoms with Gasteiger partial charge in [0.2, 0.25) is 6.29 Å². The molecule has 3 nitrogen and oxygen atoms in total. The van der Waals surface area contributed by atoms with Crippen molar-refractivity contribution in [2.45, 2.75) is 39.4 Å². The van der Waals surface area contributed by atoms with E-state index in [0.717, 1.165) is 19.3 Å². The van der Waals surface area contributed by atoms with Gasteiger partial charge in [-0.05, 0) is 37.6 Å². The molecule has 0 aromatic heterocycles. The first-order valence-electron chi connectivity index (χ1n) is 6.21. The van der Waals surface area contributed by atoms with Crippen LogP contribution in [0.25, 0.3) is 0 Å². The molecule has 0 amide bonds. The number of carbonyl (C=O) groups is 1. The Hall–Kier alpha value is -1.77. The Labute approximate surface area is 108 Å². The molecular formula is C15H20O3. The normalized spacial score (nSPS) is 11.7. The molecule has 0 aliphatic rings. The molecule has 0 aliphatic heterocycles. The summed E-state index contributed by atoms with van der Waals surface area (Å²) in [5.41, 5.74) is 0.678. The summed E-state index contributed by atoms with van der Waals surface area (Å²) in [4.78, 5) is 11.1. The Morgan fingerprint density at radius 1 is 1.39 bits per heavy atom. The molecule has 0 spiro atoms. The maximum Gasteiger partial charge on any atom is 0.240 e. The zero-order valence-corrected chi connectivity index (χ0v) is 11.0. The minimum Gasteiger partial charge on any atom is -0.463 e. The van der Waals surface area contributed by atoms with Crippen LogP contribution in [0.5, 0.6) is 5.75 Å². The monoisotopic (exact) mass is 248 g/mol. The molecule has 1 aromatic carbocycles. The minimum absolute atomic E-state index is 0.0476. The number of ketones is 1.